The summed E-state index contributed by atoms with van der Waals surface area (Å²) in [5.74, 6) is -0.199. The molecule has 1 amide bonds. The van der Waals surface area contributed by atoms with Gasteiger partial charge in [-0.05, 0) is 37.1 Å². The molecule has 2 N–H and O–H groups in total. The number of rotatable bonds is 10. The van der Waals surface area contributed by atoms with Crippen LogP contribution in [0.1, 0.15) is 23.9 Å². The van der Waals surface area contributed by atoms with Gasteiger partial charge in [-0.1, -0.05) is 6.07 Å². The van der Waals surface area contributed by atoms with Gasteiger partial charge < -0.3 is 19.7 Å². The maximum atomic E-state index is 11.6. The smallest absolute Gasteiger partial charge is 0.269 e. The number of benzene rings is 1. The zero-order valence-electron chi connectivity index (χ0n) is 18.3. The lowest BCUT2D eigenvalue weighted by atomic mass is 10.1. The van der Waals surface area contributed by atoms with Crippen LogP contribution in [0.25, 0.3) is 11.3 Å². The number of aryl methyl sites for hydroxylation is 1. The van der Waals surface area contributed by atoms with Crippen LogP contribution >= 0.6 is 11.3 Å². The third-order valence-electron chi connectivity index (χ3n) is 4.79. The highest BCUT2D eigenvalue weighted by Gasteiger charge is 2.13. The summed E-state index contributed by atoms with van der Waals surface area (Å²) in [6.07, 6.45) is 1.11. The molecule has 1 unspecified atom stereocenters. The van der Waals surface area contributed by atoms with Crippen molar-refractivity contribution >= 4 is 22.9 Å². The number of thiazole rings is 1. The first-order valence-corrected chi connectivity index (χ1v) is 11.1. The van der Waals surface area contributed by atoms with Gasteiger partial charge in [0.15, 0.2) is 11.0 Å². The maximum Gasteiger partial charge on any atom is 0.269 e. The third-order valence-corrected chi connectivity index (χ3v) is 5.67. The first-order chi connectivity index (χ1) is 15.9. The highest BCUT2D eigenvalue weighted by atomic mass is 32.1. The van der Waals surface area contributed by atoms with E-state index in [9.17, 15) is 20.0 Å². The molecule has 11 heteroatoms. The number of nitro benzene ring substituents is 1. The molecule has 174 valence electrons. The number of nitrogens with zero attached hydrogens (tertiary/aromatic N) is 4. The van der Waals surface area contributed by atoms with Crippen molar-refractivity contribution in [2.75, 3.05) is 20.3 Å². The predicted molar refractivity (Wildman–Crippen MR) is 123 cm³/mol. The Kier molecular flexibility index (Phi) is 8.41. The van der Waals surface area contributed by atoms with Gasteiger partial charge in [0.1, 0.15) is 6.61 Å². The van der Waals surface area contributed by atoms with E-state index in [1.54, 1.807) is 24.4 Å². The van der Waals surface area contributed by atoms with Crippen molar-refractivity contribution in [1.82, 2.24) is 14.9 Å². The van der Waals surface area contributed by atoms with Gasteiger partial charge in [-0.2, -0.15) is 0 Å². The fourth-order valence-corrected chi connectivity index (χ4v) is 4.05. The van der Waals surface area contributed by atoms with Crippen LogP contribution < -0.4 is 10.1 Å². The van der Waals surface area contributed by atoms with E-state index in [2.05, 4.69) is 15.3 Å². The topological polar surface area (TPSA) is 132 Å². The van der Waals surface area contributed by atoms with Crippen LogP contribution in [0.5, 0.6) is 0 Å². The Hall–Kier alpha value is -3.41. The maximum absolute atomic E-state index is 11.6. The van der Waals surface area contributed by atoms with Crippen molar-refractivity contribution in [3.05, 3.63) is 74.1 Å². The zero-order chi connectivity index (χ0) is 23.8. The van der Waals surface area contributed by atoms with E-state index < -0.39 is 11.2 Å². The average Bonchev–Trinajstić information content (AvgIpc) is 3.19. The number of nitro groups is 1. The van der Waals surface area contributed by atoms with E-state index in [0.29, 0.717) is 29.9 Å². The number of carbonyl (C=O) groups excluding carboxylic acids is 1. The number of aliphatic hydroxyl groups is 1. The molecule has 0 aliphatic heterocycles. The number of nitrogens with one attached hydrogen (secondary N) is 1. The van der Waals surface area contributed by atoms with Gasteiger partial charge in [-0.3, -0.25) is 19.9 Å². The molecule has 0 bridgehead atoms. The molecule has 0 aliphatic rings. The number of aromatic nitrogens is 2. The molecule has 0 saturated carbocycles. The van der Waals surface area contributed by atoms with Crippen LogP contribution in [0, 0.1) is 17.0 Å². The molecule has 0 saturated heterocycles. The van der Waals surface area contributed by atoms with Gasteiger partial charge in [0, 0.05) is 55.2 Å². The van der Waals surface area contributed by atoms with E-state index in [1.165, 1.54) is 30.6 Å². The second-order valence-corrected chi connectivity index (χ2v) is 8.07. The Morgan fingerprint density at radius 1 is 1.33 bits per heavy atom. The second-order valence-electron chi connectivity index (χ2n) is 7.23. The first kappa shape index (κ1) is 24.2. The Morgan fingerprint density at radius 3 is 2.73 bits per heavy atom. The van der Waals surface area contributed by atoms with Crippen molar-refractivity contribution in [2.45, 2.75) is 26.1 Å². The quantitative estimate of drug-likeness (QED) is 0.265. The minimum absolute atomic E-state index is 0.00298. The fraction of sp³-hybridized carbons (Fsp3) is 0.318. The number of carbonyl (C=O) groups is 1. The Labute approximate surface area is 194 Å². The summed E-state index contributed by atoms with van der Waals surface area (Å²) in [5.41, 5.74) is 3.02. The molecular formula is C22H25N5O5S. The monoisotopic (exact) mass is 471 g/mol. The fourth-order valence-electron chi connectivity index (χ4n) is 3.09. The van der Waals surface area contributed by atoms with Crippen molar-refractivity contribution in [3.63, 3.8) is 0 Å². The second kappa shape index (κ2) is 11.5. The summed E-state index contributed by atoms with van der Waals surface area (Å²) in [5, 5.41) is 26.3. The molecule has 0 spiro atoms. The number of methoxy groups -OCH3 is 1. The molecule has 33 heavy (non-hydrogen) atoms. The minimum Gasteiger partial charge on any atom is -0.375 e. The Balaban J connectivity index is 1.89. The van der Waals surface area contributed by atoms with Gasteiger partial charge in [0.05, 0.1) is 10.6 Å². The molecule has 10 nitrogen and oxygen atoms in total. The van der Waals surface area contributed by atoms with Crippen LogP contribution in [0.2, 0.25) is 0 Å². The predicted octanol–water partition coefficient (Wildman–Crippen LogP) is 2.57. The Bertz CT molecular complexity index is 1160. The number of amides is 1. The highest BCUT2D eigenvalue weighted by molar-refractivity contribution is 7.07. The molecule has 3 aromatic rings. The van der Waals surface area contributed by atoms with Gasteiger partial charge in [0.25, 0.3) is 5.69 Å². The first-order valence-electron chi connectivity index (χ1n) is 10.2. The number of ether oxygens (including phenoxy) is 1. The van der Waals surface area contributed by atoms with Crippen molar-refractivity contribution < 1.29 is 19.6 Å². The van der Waals surface area contributed by atoms with Gasteiger partial charge in [0.2, 0.25) is 5.91 Å². The standard InChI is InChI=1S/C22H25N5O5S/c1-15-4-5-17(12-24-15)21(29)25-22-26(11-3-10-23-20(28)13-32-2)19(14-33-22)16-6-8-18(9-7-16)27(30)31/h4-9,12,14,21,29H,3,10-11,13H2,1-2H3,(H,23,28)/b25-22-. The molecule has 0 aliphatic carbocycles. The van der Waals surface area contributed by atoms with E-state index in [4.69, 9.17) is 4.74 Å². The van der Waals surface area contributed by atoms with Gasteiger partial charge in [-0.25, -0.2) is 4.99 Å². The molecule has 0 fully saturated rings. The van der Waals surface area contributed by atoms with Crippen LogP contribution in [0.3, 0.4) is 0 Å². The molecule has 2 heterocycles. The zero-order valence-corrected chi connectivity index (χ0v) is 19.1. The summed E-state index contributed by atoms with van der Waals surface area (Å²) < 4.78 is 6.74. The third kappa shape index (κ3) is 6.54. The molecule has 1 atom stereocenters. The van der Waals surface area contributed by atoms with E-state index in [-0.39, 0.29) is 18.2 Å². The number of non-ortho nitro benzene ring substituents is 1. The minimum atomic E-state index is -1.09. The van der Waals surface area contributed by atoms with Crippen molar-refractivity contribution in [1.29, 1.82) is 0 Å². The van der Waals surface area contributed by atoms with E-state index in [1.807, 2.05) is 22.9 Å². The van der Waals surface area contributed by atoms with E-state index >= 15 is 0 Å². The number of hydrogen-bond acceptors (Lipinski definition) is 8. The summed E-state index contributed by atoms with van der Waals surface area (Å²) >= 11 is 1.35. The SMILES string of the molecule is COCC(=O)NCCCn1c(-c2ccc([N+](=O)[O-])cc2)cs/c1=N\C(O)c1ccc(C)nc1. The lowest BCUT2D eigenvalue weighted by molar-refractivity contribution is -0.384. The summed E-state index contributed by atoms with van der Waals surface area (Å²) in [4.78, 5) is 31.4. The van der Waals surface area contributed by atoms with Gasteiger partial charge >= 0.3 is 0 Å². The normalized spacial score (nSPS) is 12.5. The summed E-state index contributed by atoms with van der Waals surface area (Å²) in [6.45, 7) is 2.81. The largest absolute Gasteiger partial charge is 0.375 e. The molecule has 0 radical (unpaired) electrons. The van der Waals surface area contributed by atoms with Crippen LogP contribution in [0.15, 0.2) is 53.0 Å². The van der Waals surface area contributed by atoms with Crippen molar-refractivity contribution in [3.8, 4) is 11.3 Å². The summed E-state index contributed by atoms with van der Waals surface area (Å²) in [7, 11) is 1.46. The van der Waals surface area contributed by atoms with E-state index in [0.717, 1.165) is 17.0 Å². The summed E-state index contributed by atoms with van der Waals surface area (Å²) in [6, 6.07) is 9.85. The number of aliphatic hydroxyl groups excluding tert-OH is 1. The lowest BCUT2D eigenvalue weighted by Crippen LogP contribution is -2.29. The molecule has 2 aromatic heterocycles. The van der Waals surface area contributed by atoms with Crippen LogP contribution in [-0.2, 0) is 16.1 Å². The highest BCUT2D eigenvalue weighted by Crippen LogP contribution is 2.24. The number of pyridine rings is 1. The van der Waals surface area contributed by atoms with Gasteiger partial charge in [-0.15, -0.1) is 11.3 Å². The van der Waals surface area contributed by atoms with Crippen LogP contribution in [0.4, 0.5) is 5.69 Å². The molecule has 3 rings (SSSR count). The van der Waals surface area contributed by atoms with Crippen LogP contribution in [-0.4, -0.2) is 45.7 Å². The Morgan fingerprint density at radius 2 is 2.09 bits per heavy atom. The lowest BCUT2D eigenvalue weighted by Gasteiger charge is -2.11. The molecule has 1 aromatic carbocycles. The molecular weight excluding hydrogens is 446 g/mol. The average molecular weight is 472 g/mol. The number of hydrogen-bond donors (Lipinski definition) is 2. The van der Waals surface area contributed by atoms with Crippen molar-refractivity contribution in [2.24, 2.45) is 4.99 Å².